The highest BCUT2D eigenvalue weighted by atomic mass is 16.2. The number of ketones is 1. The van der Waals surface area contributed by atoms with Crippen LogP contribution in [-0.2, 0) is 14.4 Å². The molecule has 7 nitrogen and oxygen atoms in total. The van der Waals surface area contributed by atoms with Gasteiger partial charge in [-0.1, -0.05) is 20.8 Å². The largest absolute Gasteiger partial charge is 0.332 e. The van der Waals surface area contributed by atoms with Crippen molar-refractivity contribution in [3.63, 3.8) is 0 Å². The van der Waals surface area contributed by atoms with Crippen molar-refractivity contribution >= 4 is 29.8 Å². The Morgan fingerprint density at radius 1 is 1.04 bits per heavy atom. The van der Waals surface area contributed by atoms with Gasteiger partial charge in [-0.25, -0.2) is 4.79 Å². The summed E-state index contributed by atoms with van der Waals surface area (Å²) in [7, 11) is 2.67. The number of barbiturate groups is 1. The Morgan fingerprint density at radius 2 is 1.58 bits per heavy atom. The molecule has 4 amide bonds. The molecule has 1 heterocycles. The summed E-state index contributed by atoms with van der Waals surface area (Å²) in [4.78, 5) is 55.1. The van der Waals surface area contributed by atoms with E-state index in [0.29, 0.717) is 0 Å². The van der Waals surface area contributed by atoms with E-state index in [0.717, 1.165) is 22.6 Å². The first-order chi connectivity index (χ1) is 11.0. The van der Waals surface area contributed by atoms with E-state index >= 15 is 0 Å². The number of fused-ring (bicyclic) bond motifs is 2. The van der Waals surface area contributed by atoms with Crippen molar-refractivity contribution in [2.75, 3.05) is 14.1 Å². The molecule has 0 radical (unpaired) electrons. The van der Waals surface area contributed by atoms with Crippen LogP contribution in [0.5, 0.6) is 0 Å². The standard InChI is InChI=1S/C17H23N3O4/c1-16(2)10-6-7-17(16,3)12(21)11(10)18-8-9-13(22)19(4)15(24)20(5)14(9)23/h8-11H,6-7H2,1-5H3/t10-,11-,17+/m1/s1. The maximum absolute atomic E-state index is 12.8. The van der Waals surface area contributed by atoms with Crippen molar-refractivity contribution in [2.24, 2.45) is 27.7 Å². The third-order valence-corrected chi connectivity index (χ3v) is 6.66. The molecule has 0 unspecified atom stereocenters. The zero-order chi connectivity index (χ0) is 18.0. The molecule has 2 bridgehead atoms. The first-order valence-corrected chi connectivity index (χ1v) is 8.20. The van der Waals surface area contributed by atoms with E-state index in [1.165, 1.54) is 20.3 Å². The van der Waals surface area contributed by atoms with Gasteiger partial charge in [-0.3, -0.25) is 29.2 Å². The molecule has 1 aliphatic heterocycles. The van der Waals surface area contributed by atoms with Gasteiger partial charge in [0.1, 0.15) is 6.04 Å². The summed E-state index contributed by atoms with van der Waals surface area (Å²) >= 11 is 0. The topological polar surface area (TPSA) is 87.1 Å². The summed E-state index contributed by atoms with van der Waals surface area (Å²) in [6, 6.07) is -1.16. The van der Waals surface area contributed by atoms with Crippen LogP contribution in [-0.4, -0.2) is 59.8 Å². The zero-order valence-corrected chi connectivity index (χ0v) is 14.7. The van der Waals surface area contributed by atoms with Crippen LogP contribution in [0.25, 0.3) is 0 Å². The lowest BCUT2D eigenvalue weighted by Crippen LogP contribution is -2.57. The number of aliphatic imine (C=N–C) groups is 1. The molecule has 3 rings (SSSR count). The van der Waals surface area contributed by atoms with Crippen molar-refractivity contribution in [2.45, 2.75) is 39.7 Å². The molecule has 0 aromatic rings. The number of Topliss-reactive ketones (excluding diaryl/α,β-unsaturated/α-hetero) is 1. The van der Waals surface area contributed by atoms with Gasteiger partial charge >= 0.3 is 6.03 Å². The Hall–Kier alpha value is -2.05. The molecular formula is C17H23N3O4. The Kier molecular flexibility index (Phi) is 3.48. The zero-order valence-electron chi connectivity index (χ0n) is 14.7. The van der Waals surface area contributed by atoms with Gasteiger partial charge in [-0.15, -0.1) is 0 Å². The van der Waals surface area contributed by atoms with Crippen molar-refractivity contribution in [3.05, 3.63) is 0 Å². The summed E-state index contributed by atoms with van der Waals surface area (Å²) in [5, 5.41) is 0. The van der Waals surface area contributed by atoms with Gasteiger partial charge in [0.15, 0.2) is 11.7 Å². The van der Waals surface area contributed by atoms with Crippen molar-refractivity contribution in [1.82, 2.24) is 9.80 Å². The quantitative estimate of drug-likeness (QED) is 0.559. The first kappa shape index (κ1) is 16.8. The van der Waals surface area contributed by atoms with Gasteiger partial charge in [0.2, 0.25) is 11.8 Å². The van der Waals surface area contributed by atoms with Gasteiger partial charge in [-0.2, -0.15) is 0 Å². The number of amides is 4. The number of rotatable bonds is 2. The molecule has 0 aromatic carbocycles. The van der Waals surface area contributed by atoms with E-state index < -0.39 is 35.2 Å². The normalized spacial score (nSPS) is 36.5. The highest BCUT2D eigenvalue weighted by Crippen LogP contribution is 2.64. The second-order valence-electron chi connectivity index (χ2n) is 7.86. The van der Waals surface area contributed by atoms with Gasteiger partial charge in [0.25, 0.3) is 0 Å². The van der Waals surface area contributed by atoms with Crippen LogP contribution in [0.15, 0.2) is 4.99 Å². The van der Waals surface area contributed by atoms with Crippen molar-refractivity contribution < 1.29 is 19.2 Å². The van der Waals surface area contributed by atoms with Crippen LogP contribution in [0.1, 0.15) is 33.6 Å². The Balaban J connectivity index is 1.87. The van der Waals surface area contributed by atoms with E-state index in [1.807, 2.05) is 6.92 Å². The van der Waals surface area contributed by atoms with E-state index in [2.05, 4.69) is 18.8 Å². The monoisotopic (exact) mass is 333 g/mol. The smallest absolute Gasteiger partial charge is 0.297 e. The van der Waals surface area contributed by atoms with Gasteiger partial charge in [0, 0.05) is 25.7 Å². The summed E-state index contributed by atoms with van der Waals surface area (Å²) in [6.45, 7) is 6.17. The van der Waals surface area contributed by atoms with Crippen molar-refractivity contribution in [3.8, 4) is 0 Å². The molecule has 7 heteroatoms. The number of nitrogens with zero attached hydrogens (tertiary/aromatic N) is 3. The molecule has 0 spiro atoms. The predicted molar refractivity (Wildman–Crippen MR) is 86.3 cm³/mol. The Labute approximate surface area is 141 Å². The van der Waals surface area contributed by atoms with Gasteiger partial charge in [0.05, 0.1) is 0 Å². The summed E-state index contributed by atoms with van der Waals surface area (Å²) in [5.74, 6) is -2.13. The molecule has 2 saturated carbocycles. The third kappa shape index (κ3) is 1.87. The van der Waals surface area contributed by atoms with Crippen LogP contribution in [0.2, 0.25) is 0 Å². The average Bonchev–Trinajstić information content (AvgIpc) is 2.84. The second kappa shape index (κ2) is 4.97. The molecule has 130 valence electrons. The number of urea groups is 1. The van der Waals surface area contributed by atoms with Gasteiger partial charge in [-0.05, 0) is 24.2 Å². The number of hydrogen-bond donors (Lipinski definition) is 0. The van der Waals surface area contributed by atoms with Crippen LogP contribution >= 0.6 is 0 Å². The molecule has 0 aromatic heterocycles. The maximum Gasteiger partial charge on any atom is 0.332 e. The van der Waals surface area contributed by atoms with Crippen LogP contribution in [0, 0.1) is 22.7 Å². The van der Waals surface area contributed by atoms with Gasteiger partial charge < -0.3 is 0 Å². The van der Waals surface area contributed by atoms with Crippen LogP contribution in [0.3, 0.4) is 0 Å². The highest BCUT2D eigenvalue weighted by Gasteiger charge is 2.66. The lowest BCUT2D eigenvalue weighted by molar-refractivity contribution is -0.144. The number of carbonyl (C=O) groups is 4. The van der Waals surface area contributed by atoms with E-state index in [1.54, 1.807) is 0 Å². The SMILES string of the molecule is CN1C(=O)C(C=N[C@H]2C(=O)[C@]3(C)CC[C@H]2C3(C)C)C(=O)N(C)C1=O. The fourth-order valence-corrected chi connectivity index (χ4v) is 4.45. The van der Waals surface area contributed by atoms with E-state index in [4.69, 9.17) is 0 Å². The Bertz CT molecular complexity index is 659. The minimum absolute atomic E-state index is 0.0912. The maximum atomic E-state index is 12.8. The minimum atomic E-state index is -1.14. The summed E-state index contributed by atoms with van der Waals surface area (Å²) < 4.78 is 0. The average molecular weight is 333 g/mol. The number of carbonyl (C=O) groups excluding carboxylic acids is 4. The Morgan fingerprint density at radius 3 is 2.04 bits per heavy atom. The lowest BCUT2D eigenvalue weighted by Gasteiger charge is -2.31. The molecule has 1 saturated heterocycles. The summed E-state index contributed by atoms with van der Waals surface area (Å²) in [5.41, 5.74) is -0.542. The molecule has 2 aliphatic carbocycles. The number of imide groups is 2. The predicted octanol–water partition coefficient (Wildman–Crippen LogP) is 1.12. The van der Waals surface area contributed by atoms with Crippen LogP contribution < -0.4 is 0 Å². The molecule has 0 N–H and O–H groups in total. The highest BCUT2D eigenvalue weighted by molar-refractivity contribution is 6.23. The van der Waals surface area contributed by atoms with Crippen LogP contribution in [0.4, 0.5) is 4.79 Å². The molecule has 24 heavy (non-hydrogen) atoms. The third-order valence-electron chi connectivity index (χ3n) is 6.66. The summed E-state index contributed by atoms with van der Waals surface area (Å²) in [6.07, 6.45) is 3.05. The first-order valence-electron chi connectivity index (χ1n) is 8.20. The van der Waals surface area contributed by atoms with E-state index in [9.17, 15) is 19.2 Å². The molecular weight excluding hydrogens is 310 g/mol. The number of hydrogen-bond acceptors (Lipinski definition) is 5. The fourth-order valence-electron chi connectivity index (χ4n) is 4.45. The van der Waals surface area contributed by atoms with Crippen molar-refractivity contribution in [1.29, 1.82) is 0 Å². The minimum Gasteiger partial charge on any atom is -0.297 e. The lowest BCUT2D eigenvalue weighted by atomic mass is 9.70. The molecule has 3 aliphatic rings. The molecule has 3 fully saturated rings. The van der Waals surface area contributed by atoms with E-state index in [-0.39, 0.29) is 17.1 Å². The fraction of sp³-hybridized carbons (Fsp3) is 0.706. The molecule has 3 atom stereocenters. The second-order valence-corrected chi connectivity index (χ2v) is 7.86.